The molecule has 1 aromatic rings. The van der Waals surface area contributed by atoms with E-state index in [1.54, 1.807) is 4.90 Å². The van der Waals surface area contributed by atoms with Crippen LogP contribution in [0, 0.1) is 0 Å². The molecule has 0 bridgehead atoms. The molecule has 0 unspecified atom stereocenters. The van der Waals surface area contributed by atoms with Gasteiger partial charge in [-0.05, 0) is 50.8 Å². The first-order chi connectivity index (χ1) is 11.8. The zero-order chi connectivity index (χ0) is 18.1. The van der Waals surface area contributed by atoms with Crippen LogP contribution < -0.4 is 5.32 Å². The lowest BCUT2D eigenvalue weighted by Gasteiger charge is -2.36. The fraction of sp³-hybridized carbons (Fsp3) is 0.611. The van der Waals surface area contributed by atoms with E-state index in [1.807, 2.05) is 6.92 Å². The van der Waals surface area contributed by atoms with Gasteiger partial charge in [-0.3, -0.25) is 4.90 Å². The highest BCUT2D eigenvalue weighted by Crippen LogP contribution is 2.39. The zero-order valence-electron chi connectivity index (χ0n) is 14.2. The van der Waals surface area contributed by atoms with Crippen LogP contribution >= 0.6 is 0 Å². The number of hydrogen-bond donors (Lipinski definition) is 1. The van der Waals surface area contributed by atoms with Crippen LogP contribution in [0.3, 0.4) is 0 Å². The number of ether oxygens (including phenoxy) is 1. The highest BCUT2D eigenvalue weighted by molar-refractivity contribution is 5.90. The van der Waals surface area contributed by atoms with Crippen LogP contribution in [0.1, 0.15) is 51.0 Å². The van der Waals surface area contributed by atoms with Gasteiger partial charge in [0.1, 0.15) is 5.72 Å². The lowest BCUT2D eigenvalue weighted by atomic mass is 10.0. The normalized spacial score (nSPS) is 23.5. The Labute approximate surface area is 145 Å². The van der Waals surface area contributed by atoms with E-state index < -0.39 is 23.5 Å². The summed E-state index contributed by atoms with van der Waals surface area (Å²) in [5, 5.41) is 2.62. The van der Waals surface area contributed by atoms with E-state index in [9.17, 15) is 18.0 Å². The van der Waals surface area contributed by atoms with Gasteiger partial charge < -0.3 is 10.1 Å². The van der Waals surface area contributed by atoms with Gasteiger partial charge in [0, 0.05) is 5.69 Å². The summed E-state index contributed by atoms with van der Waals surface area (Å²) in [7, 11) is 0. The molecule has 0 radical (unpaired) electrons. The maximum atomic E-state index is 12.8. The number of carbonyl (C=O) groups is 1. The van der Waals surface area contributed by atoms with Crippen molar-refractivity contribution in [2.45, 2.75) is 63.5 Å². The number of benzene rings is 1. The van der Waals surface area contributed by atoms with Crippen molar-refractivity contribution in [1.82, 2.24) is 4.90 Å². The molecular formula is C18H23F3N2O2. The van der Waals surface area contributed by atoms with Crippen molar-refractivity contribution in [3.05, 3.63) is 29.8 Å². The first kappa shape index (κ1) is 18.0. The predicted molar refractivity (Wildman–Crippen MR) is 88.1 cm³/mol. The summed E-state index contributed by atoms with van der Waals surface area (Å²) in [5.41, 5.74) is -1.26. The molecule has 1 saturated heterocycles. The average Bonchev–Trinajstić information content (AvgIpc) is 2.70. The summed E-state index contributed by atoms with van der Waals surface area (Å²) in [6.45, 7) is 2.37. The second-order valence-corrected chi connectivity index (χ2v) is 6.91. The zero-order valence-corrected chi connectivity index (χ0v) is 14.2. The van der Waals surface area contributed by atoms with Gasteiger partial charge in [-0.15, -0.1) is 0 Å². The highest BCUT2D eigenvalue weighted by Gasteiger charge is 2.47. The van der Waals surface area contributed by atoms with Gasteiger partial charge in [0.2, 0.25) is 0 Å². The van der Waals surface area contributed by atoms with Gasteiger partial charge in [0.05, 0.1) is 18.2 Å². The van der Waals surface area contributed by atoms with Gasteiger partial charge in [-0.25, -0.2) is 4.79 Å². The molecular weight excluding hydrogens is 333 g/mol. The number of carbonyl (C=O) groups excluding carboxylic acids is 1. The van der Waals surface area contributed by atoms with E-state index in [0.29, 0.717) is 6.54 Å². The molecule has 1 aliphatic carbocycles. The highest BCUT2D eigenvalue weighted by atomic mass is 19.4. The maximum absolute atomic E-state index is 12.8. The lowest BCUT2D eigenvalue weighted by Crippen LogP contribution is -2.49. The van der Waals surface area contributed by atoms with Crippen molar-refractivity contribution in [2.24, 2.45) is 0 Å². The van der Waals surface area contributed by atoms with Crippen LogP contribution in [-0.4, -0.2) is 29.3 Å². The second-order valence-electron chi connectivity index (χ2n) is 6.91. The molecule has 1 aliphatic heterocycles. The SMILES string of the molecule is C[C@@H]1CN(C(=O)Nc2cccc(C(F)(F)F)c2)C2(CCCCCC2)O1. The van der Waals surface area contributed by atoms with Crippen molar-refractivity contribution < 1.29 is 22.7 Å². The van der Waals surface area contributed by atoms with Crippen LogP contribution in [0.2, 0.25) is 0 Å². The van der Waals surface area contributed by atoms with Gasteiger partial charge in [0.25, 0.3) is 0 Å². The van der Waals surface area contributed by atoms with Gasteiger partial charge >= 0.3 is 12.2 Å². The number of urea groups is 1. The van der Waals surface area contributed by atoms with Crippen molar-refractivity contribution >= 4 is 11.7 Å². The number of hydrogen-bond acceptors (Lipinski definition) is 2. The predicted octanol–water partition coefficient (Wildman–Crippen LogP) is 5.01. The molecule has 1 N–H and O–H groups in total. The average molecular weight is 356 g/mol. The van der Waals surface area contributed by atoms with Crippen LogP contribution in [0.5, 0.6) is 0 Å². The van der Waals surface area contributed by atoms with Gasteiger partial charge in [0.15, 0.2) is 0 Å². The van der Waals surface area contributed by atoms with Crippen LogP contribution in [0.25, 0.3) is 0 Å². The molecule has 2 amide bonds. The third kappa shape index (κ3) is 3.92. The van der Waals surface area contributed by atoms with E-state index in [1.165, 1.54) is 12.1 Å². The molecule has 1 spiro atoms. The number of alkyl halides is 3. The maximum Gasteiger partial charge on any atom is 0.416 e. The van der Waals surface area contributed by atoms with E-state index in [2.05, 4.69) is 5.32 Å². The molecule has 25 heavy (non-hydrogen) atoms. The molecule has 2 fully saturated rings. The van der Waals surface area contributed by atoms with Crippen molar-refractivity contribution in [3.63, 3.8) is 0 Å². The monoisotopic (exact) mass is 356 g/mol. The van der Waals surface area contributed by atoms with E-state index in [0.717, 1.165) is 50.7 Å². The van der Waals surface area contributed by atoms with Crippen LogP contribution in [0.15, 0.2) is 24.3 Å². The quantitative estimate of drug-likeness (QED) is 0.769. The number of halogens is 3. The third-order valence-electron chi connectivity index (χ3n) is 4.92. The topological polar surface area (TPSA) is 41.6 Å². The largest absolute Gasteiger partial charge is 0.416 e. The van der Waals surface area contributed by atoms with E-state index in [4.69, 9.17) is 4.74 Å². The number of nitrogens with zero attached hydrogens (tertiary/aromatic N) is 1. The molecule has 3 rings (SSSR count). The second kappa shape index (κ2) is 6.86. The third-order valence-corrected chi connectivity index (χ3v) is 4.92. The molecule has 1 heterocycles. The summed E-state index contributed by atoms with van der Waals surface area (Å²) in [6.07, 6.45) is 1.23. The molecule has 2 aliphatic rings. The van der Waals surface area contributed by atoms with Gasteiger partial charge in [-0.1, -0.05) is 18.9 Å². The smallest absolute Gasteiger partial charge is 0.351 e. The van der Waals surface area contributed by atoms with E-state index in [-0.39, 0.29) is 11.8 Å². The summed E-state index contributed by atoms with van der Waals surface area (Å²) in [6, 6.07) is 4.31. The molecule has 7 heteroatoms. The molecule has 1 atom stereocenters. The van der Waals surface area contributed by atoms with E-state index >= 15 is 0 Å². The fourth-order valence-electron chi connectivity index (χ4n) is 3.80. The van der Waals surface area contributed by atoms with Gasteiger partial charge in [-0.2, -0.15) is 13.2 Å². The number of nitrogens with one attached hydrogen (secondary N) is 1. The lowest BCUT2D eigenvalue weighted by molar-refractivity contribution is -0.137. The van der Waals surface area contributed by atoms with Crippen molar-refractivity contribution in [2.75, 3.05) is 11.9 Å². The molecule has 4 nitrogen and oxygen atoms in total. The minimum absolute atomic E-state index is 0.0784. The number of amides is 2. The van der Waals surface area contributed by atoms with Crippen LogP contribution in [-0.2, 0) is 10.9 Å². The molecule has 1 saturated carbocycles. The Morgan fingerprint density at radius 1 is 1.24 bits per heavy atom. The first-order valence-corrected chi connectivity index (χ1v) is 8.74. The Morgan fingerprint density at radius 3 is 2.56 bits per heavy atom. The van der Waals surface area contributed by atoms with Crippen molar-refractivity contribution in [3.8, 4) is 0 Å². The summed E-state index contributed by atoms with van der Waals surface area (Å²) in [4.78, 5) is 14.4. The summed E-state index contributed by atoms with van der Waals surface area (Å²) >= 11 is 0. The Balaban J connectivity index is 1.78. The Kier molecular flexibility index (Phi) is 4.95. The fourth-order valence-corrected chi connectivity index (χ4v) is 3.80. The molecule has 1 aromatic carbocycles. The van der Waals surface area contributed by atoms with Crippen LogP contribution in [0.4, 0.5) is 23.7 Å². The minimum atomic E-state index is -4.44. The summed E-state index contributed by atoms with van der Waals surface area (Å²) < 4.78 is 44.6. The Morgan fingerprint density at radius 2 is 1.92 bits per heavy atom. The molecule has 0 aromatic heterocycles. The number of rotatable bonds is 1. The number of anilines is 1. The molecule has 138 valence electrons. The Bertz CT molecular complexity index is 625. The minimum Gasteiger partial charge on any atom is -0.351 e. The first-order valence-electron chi connectivity index (χ1n) is 8.74. The Hall–Kier alpha value is -1.76. The summed E-state index contributed by atoms with van der Waals surface area (Å²) in [5.74, 6) is 0. The van der Waals surface area contributed by atoms with Crippen molar-refractivity contribution in [1.29, 1.82) is 0 Å². The standard InChI is InChI=1S/C18H23F3N2O2/c1-13-12-23(17(25-13)9-4-2-3-5-10-17)16(24)22-15-8-6-7-14(11-15)18(19,20)21/h6-8,11,13H,2-5,9-10,12H2,1H3,(H,22,24)/t13-/m1/s1.